The highest BCUT2D eigenvalue weighted by molar-refractivity contribution is 7.98. The number of carboxylic acid groups (broad SMARTS) is 1. The minimum Gasteiger partial charge on any atom is -0.477 e. The Morgan fingerprint density at radius 3 is 2.83 bits per heavy atom. The second-order valence-electron chi connectivity index (χ2n) is 3.50. The highest BCUT2D eigenvalue weighted by Crippen LogP contribution is 2.23. The van der Waals surface area contributed by atoms with Crippen LogP contribution in [-0.4, -0.2) is 27.3 Å². The Balaban J connectivity index is 2.64. The Bertz CT molecular complexity index is 638. The molecule has 0 unspecified atom stereocenters. The van der Waals surface area contributed by atoms with Crippen LogP contribution in [-0.2, 0) is 0 Å². The maximum atomic E-state index is 11.8. The Hall–Kier alpha value is -2.08. The van der Waals surface area contributed by atoms with Gasteiger partial charge in [0.25, 0.3) is 5.56 Å². The molecule has 92 valence electrons. The predicted molar refractivity (Wildman–Crippen MR) is 69.0 cm³/mol. The Morgan fingerprint density at radius 1 is 1.50 bits per heavy atom. The number of hydrogen-bond acceptors (Lipinski definition) is 4. The average molecular weight is 262 g/mol. The number of aromatic amines is 1. The van der Waals surface area contributed by atoms with Gasteiger partial charge in [-0.3, -0.25) is 9.78 Å². The van der Waals surface area contributed by atoms with E-state index in [0.29, 0.717) is 10.6 Å². The van der Waals surface area contributed by atoms with Gasteiger partial charge in [-0.05, 0) is 24.5 Å². The molecule has 0 aliphatic carbocycles. The quantitative estimate of drug-likeness (QED) is 0.825. The fraction of sp³-hybridized carbons (Fsp3) is 0.0833. The lowest BCUT2D eigenvalue weighted by Gasteiger charge is -2.06. The normalized spacial score (nSPS) is 10.3. The lowest BCUT2D eigenvalue weighted by molar-refractivity contribution is 0.0691. The second kappa shape index (κ2) is 5.05. The van der Waals surface area contributed by atoms with E-state index < -0.39 is 11.5 Å². The number of H-pyrrole nitrogens is 1. The van der Waals surface area contributed by atoms with Crippen molar-refractivity contribution in [1.29, 1.82) is 0 Å². The van der Waals surface area contributed by atoms with Crippen molar-refractivity contribution in [2.75, 3.05) is 6.26 Å². The summed E-state index contributed by atoms with van der Waals surface area (Å²) in [7, 11) is 0. The lowest BCUT2D eigenvalue weighted by Crippen LogP contribution is -2.19. The minimum atomic E-state index is -1.22. The summed E-state index contributed by atoms with van der Waals surface area (Å²) in [5.41, 5.74) is 0.465. The van der Waals surface area contributed by atoms with Crippen LogP contribution >= 0.6 is 11.8 Å². The minimum absolute atomic E-state index is 0.227. The summed E-state index contributed by atoms with van der Waals surface area (Å²) in [5.74, 6) is -1.22. The first kappa shape index (κ1) is 12.4. The van der Waals surface area contributed by atoms with E-state index in [4.69, 9.17) is 5.11 Å². The SMILES string of the molecule is CSc1cc(-c2cccnc2)[nH]c(=O)c1C(=O)O. The van der Waals surface area contributed by atoms with Gasteiger partial charge in [-0.1, -0.05) is 0 Å². The number of thioether (sulfide) groups is 1. The number of aromatic nitrogens is 2. The van der Waals surface area contributed by atoms with E-state index in [-0.39, 0.29) is 5.56 Å². The molecular formula is C12H10N2O3S. The third kappa shape index (κ3) is 2.28. The number of nitrogens with zero attached hydrogens (tertiary/aromatic N) is 1. The summed E-state index contributed by atoms with van der Waals surface area (Å²) in [5, 5.41) is 8.99. The standard InChI is InChI=1S/C12H10N2O3S/c1-18-9-5-8(7-3-2-4-13-6-7)14-11(15)10(9)12(16)17/h2-6H,1H3,(H,14,15)(H,16,17). The third-order valence-electron chi connectivity index (χ3n) is 2.40. The largest absolute Gasteiger partial charge is 0.477 e. The Kier molecular flexibility index (Phi) is 3.47. The van der Waals surface area contributed by atoms with Crippen molar-refractivity contribution in [2.24, 2.45) is 0 Å². The van der Waals surface area contributed by atoms with Crippen molar-refractivity contribution >= 4 is 17.7 Å². The van der Waals surface area contributed by atoms with E-state index in [2.05, 4.69) is 9.97 Å². The van der Waals surface area contributed by atoms with E-state index in [1.165, 1.54) is 11.8 Å². The summed E-state index contributed by atoms with van der Waals surface area (Å²) in [6, 6.07) is 5.19. The molecule has 5 nitrogen and oxygen atoms in total. The Labute approximate surface area is 107 Å². The maximum absolute atomic E-state index is 11.8. The molecule has 0 spiro atoms. The lowest BCUT2D eigenvalue weighted by atomic mass is 10.1. The maximum Gasteiger partial charge on any atom is 0.342 e. The molecule has 0 aromatic carbocycles. The van der Waals surface area contributed by atoms with Crippen molar-refractivity contribution in [3.05, 3.63) is 46.5 Å². The van der Waals surface area contributed by atoms with Crippen molar-refractivity contribution < 1.29 is 9.90 Å². The molecule has 0 radical (unpaired) electrons. The van der Waals surface area contributed by atoms with Gasteiger partial charge in [0.2, 0.25) is 0 Å². The number of rotatable bonds is 3. The van der Waals surface area contributed by atoms with Crippen LogP contribution in [0.1, 0.15) is 10.4 Å². The summed E-state index contributed by atoms with van der Waals surface area (Å²) in [6.45, 7) is 0. The number of carbonyl (C=O) groups is 1. The molecule has 0 amide bonds. The third-order valence-corrected chi connectivity index (χ3v) is 3.17. The molecule has 2 N–H and O–H groups in total. The Morgan fingerprint density at radius 2 is 2.28 bits per heavy atom. The molecule has 0 bridgehead atoms. The number of aromatic carboxylic acids is 1. The molecule has 6 heteroatoms. The van der Waals surface area contributed by atoms with Crippen LogP contribution in [0.25, 0.3) is 11.3 Å². The molecule has 0 fully saturated rings. The van der Waals surface area contributed by atoms with Crippen molar-refractivity contribution in [3.8, 4) is 11.3 Å². The van der Waals surface area contributed by atoms with Crippen LogP contribution in [0, 0.1) is 0 Å². The van der Waals surface area contributed by atoms with Crippen LogP contribution in [0.3, 0.4) is 0 Å². The fourth-order valence-corrected chi connectivity index (χ4v) is 2.20. The monoisotopic (exact) mass is 262 g/mol. The van der Waals surface area contributed by atoms with Crippen LogP contribution in [0.4, 0.5) is 0 Å². The average Bonchev–Trinajstić information content (AvgIpc) is 2.38. The van der Waals surface area contributed by atoms with Crippen molar-refractivity contribution in [3.63, 3.8) is 0 Å². The molecule has 0 atom stereocenters. The highest BCUT2D eigenvalue weighted by Gasteiger charge is 2.16. The number of hydrogen-bond donors (Lipinski definition) is 2. The molecule has 18 heavy (non-hydrogen) atoms. The zero-order valence-corrected chi connectivity index (χ0v) is 10.3. The number of pyridine rings is 2. The topological polar surface area (TPSA) is 83.0 Å². The van der Waals surface area contributed by atoms with Gasteiger partial charge in [0.05, 0.1) is 5.69 Å². The smallest absolute Gasteiger partial charge is 0.342 e. The van der Waals surface area contributed by atoms with Gasteiger partial charge in [-0.2, -0.15) is 0 Å². The van der Waals surface area contributed by atoms with Crippen LogP contribution in [0.15, 0.2) is 40.3 Å². The van der Waals surface area contributed by atoms with Crippen LogP contribution in [0.5, 0.6) is 0 Å². The van der Waals surface area contributed by atoms with E-state index >= 15 is 0 Å². The van der Waals surface area contributed by atoms with Gasteiger partial charge < -0.3 is 10.1 Å². The second-order valence-corrected chi connectivity index (χ2v) is 4.35. The molecule has 0 aliphatic heterocycles. The zero-order chi connectivity index (χ0) is 13.1. The first-order valence-electron chi connectivity index (χ1n) is 5.08. The summed E-state index contributed by atoms with van der Waals surface area (Å²) < 4.78 is 0. The van der Waals surface area contributed by atoms with Gasteiger partial charge in [0.1, 0.15) is 5.56 Å². The molecule has 2 heterocycles. The molecule has 2 aromatic heterocycles. The van der Waals surface area contributed by atoms with E-state index in [0.717, 1.165) is 5.56 Å². The van der Waals surface area contributed by atoms with Gasteiger partial charge in [0, 0.05) is 22.9 Å². The van der Waals surface area contributed by atoms with E-state index in [1.807, 2.05) is 0 Å². The van der Waals surface area contributed by atoms with Crippen molar-refractivity contribution in [2.45, 2.75) is 4.90 Å². The van der Waals surface area contributed by atoms with Crippen molar-refractivity contribution in [1.82, 2.24) is 9.97 Å². The summed E-state index contributed by atoms with van der Waals surface area (Å²) >= 11 is 1.23. The highest BCUT2D eigenvalue weighted by atomic mass is 32.2. The molecule has 0 saturated carbocycles. The van der Waals surface area contributed by atoms with E-state index in [9.17, 15) is 9.59 Å². The first-order chi connectivity index (χ1) is 8.63. The van der Waals surface area contributed by atoms with E-state index in [1.54, 1.807) is 36.8 Å². The van der Waals surface area contributed by atoms with Gasteiger partial charge in [-0.15, -0.1) is 11.8 Å². The number of carboxylic acids is 1. The number of nitrogens with one attached hydrogen (secondary N) is 1. The molecule has 2 aromatic rings. The molecule has 0 saturated heterocycles. The molecule has 2 rings (SSSR count). The van der Waals surface area contributed by atoms with Crippen LogP contribution < -0.4 is 5.56 Å². The van der Waals surface area contributed by atoms with Crippen LogP contribution in [0.2, 0.25) is 0 Å². The predicted octanol–water partition coefficient (Wildman–Crippen LogP) is 1.86. The first-order valence-corrected chi connectivity index (χ1v) is 6.31. The zero-order valence-electron chi connectivity index (χ0n) is 9.51. The molecular weight excluding hydrogens is 252 g/mol. The summed E-state index contributed by atoms with van der Waals surface area (Å²) in [6.07, 6.45) is 4.97. The van der Waals surface area contributed by atoms with Gasteiger partial charge >= 0.3 is 5.97 Å². The summed E-state index contributed by atoms with van der Waals surface area (Å²) in [4.78, 5) is 29.7. The molecule has 0 aliphatic rings. The fourth-order valence-electron chi connectivity index (χ4n) is 1.58. The van der Waals surface area contributed by atoms with Gasteiger partial charge in [0.15, 0.2) is 0 Å². The van der Waals surface area contributed by atoms with Gasteiger partial charge in [-0.25, -0.2) is 4.79 Å².